The second-order valence-electron chi connectivity index (χ2n) is 4.44. The Labute approximate surface area is 117 Å². The molecule has 0 bridgehead atoms. The van der Waals surface area contributed by atoms with Crippen molar-refractivity contribution in [3.8, 4) is 10.4 Å². The lowest BCUT2D eigenvalue weighted by atomic mass is 10.1. The molecule has 2 aromatic carbocycles. The van der Waals surface area contributed by atoms with E-state index in [1.54, 1.807) is 28.7 Å². The number of fused-ring (bicyclic) bond motifs is 2. The molecule has 0 nitrogen and oxygen atoms in total. The summed E-state index contributed by atoms with van der Waals surface area (Å²) in [5.41, 5.74) is 1.14. The highest BCUT2D eigenvalue weighted by Crippen LogP contribution is 2.40. The molecular formula is C16H9FS2. The number of rotatable bonds is 1. The van der Waals surface area contributed by atoms with Crippen molar-refractivity contribution in [2.75, 3.05) is 0 Å². The third kappa shape index (κ3) is 1.78. The average Bonchev–Trinajstić information content (AvgIpc) is 3.00. The molecule has 0 atom stereocenters. The molecule has 0 fully saturated rings. The molecule has 0 saturated carbocycles. The second kappa shape index (κ2) is 4.15. The van der Waals surface area contributed by atoms with Gasteiger partial charge in [0.05, 0.1) is 0 Å². The lowest BCUT2D eigenvalue weighted by Crippen LogP contribution is -1.73. The van der Waals surface area contributed by atoms with Gasteiger partial charge in [0.2, 0.25) is 0 Å². The molecule has 2 heterocycles. The molecule has 92 valence electrons. The molecule has 0 aliphatic carbocycles. The number of halogens is 1. The first-order valence-corrected chi connectivity index (χ1v) is 7.66. The van der Waals surface area contributed by atoms with Crippen LogP contribution in [0.5, 0.6) is 0 Å². The Balaban J connectivity index is 2.00. The van der Waals surface area contributed by atoms with Gasteiger partial charge in [0.15, 0.2) is 0 Å². The lowest BCUT2D eigenvalue weighted by molar-refractivity contribution is 0.630. The van der Waals surface area contributed by atoms with E-state index >= 15 is 0 Å². The first kappa shape index (κ1) is 11.1. The molecule has 0 unspecified atom stereocenters. The molecule has 0 aliphatic heterocycles. The minimum absolute atomic E-state index is 0.173. The van der Waals surface area contributed by atoms with Crippen molar-refractivity contribution in [3.05, 3.63) is 59.7 Å². The SMILES string of the molecule is Fc1ccc2scc(-c3cc4ccccc4s3)c2c1. The van der Waals surface area contributed by atoms with Crippen LogP contribution in [0.4, 0.5) is 4.39 Å². The fourth-order valence-corrected chi connectivity index (χ4v) is 4.42. The number of benzene rings is 2. The molecular weight excluding hydrogens is 275 g/mol. The average molecular weight is 284 g/mol. The van der Waals surface area contributed by atoms with Gasteiger partial charge in [0.25, 0.3) is 0 Å². The Hall–Kier alpha value is -1.71. The van der Waals surface area contributed by atoms with E-state index in [9.17, 15) is 4.39 Å². The van der Waals surface area contributed by atoms with E-state index in [0.29, 0.717) is 0 Å². The summed E-state index contributed by atoms with van der Waals surface area (Å²) in [6.07, 6.45) is 0. The van der Waals surface area contributed by atoms with Crippen LogP contribution in [0.15, 0.2) is 53.9 Å². The maximum Gasteiger partial charge on any atom is 0.123 e. The quantitative estimate of drug-likeness (QED) is 0.407. The largest absolute Gasteiger partial charge is 0.207 e. The van der Waals surface area contributed by atoms with Gasteiger partial charge in [-0.1, -0.05) is 18.2 Å². The Morgan fingerprint density at radius 2 is 1.79 bits per heavy atom. The predicted molar refractivity (Wildman–Crippen MR) is 82.6 cm³/mol. The molecule has 4 aromatic rings. The maximum absolute atomic E-state index is 13.4. The van der Waals surface area contributed by atoms with E-state index in [1.165, 1.54) is 21.0 Å². The summed E-state index contributed by atoms with van der Waals surface area (Å²) in [6, 6.07) is 15.5. The van der Waals surface area contributed by atoms with Crippen molar-refractivity contribution >= 4 is 42.8 Å². The molecule has 0 radical (unpaired) electrons. The molecule has 0 N–H and O–H groups in total. The van der Waals surface area contributed by atoms with Gasteiger partial charge in [-0.2, -0.15) is 0 Å². The third-order valence-corrected chi connectivity index (χ3v) is 5.34. The monoisotopic (exact) mass is 284 g/mol. The Kier molecular flexibility index (Phi) is 2.43. The lowest BCUT2D eigenvalue weighted by Gasteiger charge is -1.95. The van der Waals surface area contributed by atoms with Crippen molar-refractivity contribution < 1.29 is 4.39 Å². The standard InChI is InChI=1S/C16H9FS2/c17-11-5-6-15-12(8-11)13(9-18-15)16-7-10-3-1-2-4-14(10)19-16/h1-9H. The Morgan fingerprint density at radius 3 is 2.68 bits per heavy atom. The fourth-order valence-electron chi connectivity index (χ4n) is 2.31. The summed E-state index contributed by atoms with van der Waals surface area (Å²) >= 11 is 3.43. The van der Waals surface area contributed by atoms with Crippen LogP contribution in [0.1, 0.15) is 0 Å². The highest BCUT2D eigenvalue weighted by Gasteiger charge is 2.10. The van der Waals surface area contributed by atoms with Gasteiger partial charge in [0, 0.05) is 30.6 Å². The predicted octanol–water partition coefficient (Wildman–Crippen LogP) is 5.92. The highest BCUT2D eigenvalue weighted by atomic mass is 32.1. The molecule has 0 amide bonds. The van der Waals surface area contributed by atoms with Crippen LogP contribution in [0.25, 0.3) is 30.6 Å². The van der Waals surface area contributed by atoms with E-state index in [2.05, 4.69) is 23.6 Å². The van der Waals surface area contributed by atoms with Crippen molar-refractivity contribution in [1.29, 1.82) is 0 Å². The third-order valence-electron chi connectivity index (χ3n) is 3.23. The van der Waals surface area contributed by atoms with E-state index in [0.717, 1.165) is 15.6 Å². The van der Waals surface area contributed by atoms with E-state index in [4.69, 9.17) is 0 Å². The first-order chi connectivity index (χ1) is 9.31. The van der Waals surface area contributed by atoms with Gasteiger partial charge in [-0.3, -0.25) is 0 Å². The first-order valence-electron chi connectivity index (χ1n) is 5.97. The second-order valence-corrected chi connectivity index (χ2v) is 6.43. The van der Waals surface area contributed by atoms with Crippen LogP contribution in [0.3, 0.4) is 0 Å². The van der Waals surface area contributed by atoms with Crippen LogP contribution < -0.4 is 0 Å². The van der Waals surface area contributed by atoms with E-state index in [1.807, 2.05) is 18.2 Å². The summed E-state index contributed by atoms with van der Waals surface area (Å²) < 4.78 is 15.8. The minimum atomic E-state index is -0.173. The number of hydrogen-bond acceptors (Lipinski definition) is 2. The van der Waals surface area contributed by atoms with Gasteiger partial charge in [0.1, 0.15) is 5.82 Å². The minimum Gasteiger partial charge on any atom is -0.207 e. The fraction of sp³-hybridized carbons (Fsp3) is 0. The maximum atomic E-state index is 13.4. The van der Waals surface area contributed by atoms with Crippen LogP contribution in [-0.2, 0) is 0 Å². The zero-order valence-electron chi connectivity index (χ0n) is 9.89. The smallest absolute Gasteiger partial charge is 0.123 e. The molecule has 3 heteroatoms. The Bertz CT molecular complexity index is 853. The van der Waals surface area contributed by atoms with Crippen molar-refractivity contribution in [2.24, 2.45) is 0 Å². The summed E-state index contributed by atoms with van der Waals surface area (Å²) in [5, 5.41) is 4.38. The highest BCUT2D eigenvalue weighted by molar-refractivity contribution is 7.23. The topological polar surface area (TPSA) is 0 Å². The van der Waals surface area contributed by atoms with Gasteiger partial charge in [-0.15, -0.1) is 22.7 Å². The van der Waals surface area contributed by atoms with Crippen LogP contribution in [0, 0.1) is 5.82 Å². The van der Waals surface area contributed by atoms with E-state index in [-0.39, 0.29) is 5.82 Å². The van der Waals surface area contributed by atoms with Gasteiger partial charge >= 0.3 is 0 Å². The number of thiophene rings is 2. The Morgan fingerprint density at radius 1 is 0.895 bits per heavy atom. The van der Waals surface area contributed by atoms with Gasteiger partial charge in [-0.05, 0) is 35.7 Å². The van der Waals surface area contributed by atoms with Gasteiger partial charge < -0.3 is 0 Å². The van der Waals surface area contributed by atoms with Crippen molar-refractivity contribution in [3.63, 3.8) is 0 Å². The normalized spacial score (nSPS) is 11.4. The molecule has 2 aromatic heterocycles. The van der Waals surface area contributed by atoms with Crippen LogP contribution >= 0.6 is 22.7 Å². The summed E-state index contributed by atoms with van der Waals surface area (Å²) in [4.78, 5) is 1.21. The summed E-state index contributed by atoms with van der Waals surface area (Å²) in [6.45, 7) is 0. The van der Waals surface area contributed by atoms with Gasteiger partial charge in [-0.25, -0.2) is 4.39 Å². The number of hydrogen-bond donors (Lipinski definition) is 0. The molecule has 19 heavy (non-hydrogen) atoms. The molecule has 0 spiro atoms. The van der Waals surface area contributed by atoms with E-state index < -0.39 is 0 Å². The summed E-state index contributed by atoms with van der Waals surface area (Å²) in [5.74, 6) is -0.173. The van der Waals surface area contributed by atoms with Crippen molar-refractivity contribution in [2.45, 2.75) is 0 Å². The summed E-state index contributed by atoms with van der Waals surface area (Å²) in [7, 11) is 0. The van der Waals surface area contributed by atoms with Crippen molar-refractivity contribution in [1.82, 2.24) is 0 Å². The van der Waals surface area contributed by atoms with Crippen LogP contribution in [0.2, 0.25) is 0 Å². The molecule has 0 aliphatic rings. The zero-order chi connectivity index (χ0) is 12.8. The molecule has 4 rings (SSSR count). The van der Waals surface area contributed by atoms with Crippen LogP contribution in [-0.4, -0.2) is 0 Å². The zero-order valence-corrected chi connectivity index (χ0v) is 11.5. The molecule has 0 saturated heterocycles.